The van der Waals surface area contributed by atoms with Crippen LogP contribution in [0, 0.1) is 0 Å². The van der Waals surface area contributed by atoms with Crippen molar-refractivity contribution in [2.24, 2.45) is 10.1 Å². The molecule has 6 nitrogen and oxygen atoms in total. The first kappa shape index (κ1) is 14.0. The summed E-state index contributed by atoms with van der Waals surface area (Å²) in [7, 11) is 0. The van der Waals surface area contributed by atoms with Crippen LogP contribution in [0.25, 0.3) is 0 Å². The van der Waals surface area contributed by atoms with Crippen molar-refractivity contribution < 1.29 is 14.6 Å². The second-order valence-electron chi connectivity index (χ2n) is 4.58. The third-order valence-electron chi connectivity index (χ3n) is 3.00. The molecule has 0 aliphatic carbocycles. The number of hydrogen-bond donors (Lipinski definition) is 2. The minimum Gasteiger partial charge on any atom is -0.401 e. The minimum atomic E-state index is -0.607. The topological polar surface area (TPSA) is 83.3 Å². The summed E-state index contributed by atoms with van der Waals surface area (Å²) < 4.78 is 5.09. The van der Waals surface area contributed by atoms with Gasteiger partial charge in [0.1, 0.15) is 0 Å². The number of aliphatic hydroxyl groups excluding tert-OH is 1. The van der Waals surface area contributed by atoms with E-state index in [4.69, 9.17) is 9.84 Å². The van der Waals surface area contributed by atoms with Crippen molar-refractivity contribution in [1.29, 1.82) is 0 Å². The third-order valence-corrected chi connectivity index (χ3v) is 3.00. The highest BCUT2D eigenvalue weighted by atomic mass is 16.6. The Labute approximate surface area is 126 Å². The Morgan fingerprint density at radius 1 is 1.14 bits per heavy atom. The zero-order chi connectivity index (χ0) is 15.4. The summed E-state index contributed by atoms with van der Waals surface area (Å²) in [5.41, 5.74) is 4.84. The molecule has 2 aromatic carbocycles. The van der Waals surface area contributed by atoms with E-state index in [0.717, 1.165) is 5.56 Å². The second-order valence-corrected chi connectivity index (χ2v) is 4.58. The number of rotatable bonds is 4. The molecule has 0 fully saturated rings. The summed E-state index contributed by atoms with van der Waals surface area (Å²) in [6, 6.07) is 16.2. The summed E-state index contributed by atoms with van der Waals surface area (Å²) in [6.45, 7) is -0.0650. The maximum absolute atomic E-state index is 11.8. The van der Waals surface area contributed by atoms with Crippen LogP contribution in [0.15, 0.2) is 64.7 Å². The average Bonchev–Trinajstić information content (AvgIpc) is 2.95. The fourth-order valence-corrected chi connectivity index (χ4v) is 1.93. The molecule has 6 heteroatoms. The molecule has 2 aromatic rings. The van der Waals surface area contributed by atoms with Crippen LogP contribution < -0.4 is 5.43 Å². The molecule has 1 aliphatic rings. The van der Waals surface area contributed by atoms with E-state index in [2.05, 4.69) is 15.5 Å². The number of benzene rings is 2. The normalized spacial score (nSPS) is 15.6. The molecule has 0 amide bonds. The summed E-state index contributed by atoms with van der Waals surface area (Å²) in [6.07, 6.45) is 0. The molecular weight excluding hydrogens is 282 g/mol. The van der Waals surface area contributed by atoms with Gasteiger partial charge >= 0.3 is 5.97 Å². The predicted octanol–water partition coefficient (Wildman–Crippen LogP) is 1.91. The number of aliphatic hydroxyl groups is 1. The number of amidine groups is 1. The van der Waals surface area contributed by atoms with Crippen molar-refractivity contribution in [3.8, 4) is 0 Å². The van der Waals surface area contributed by atoms with Crippen LogP contribution in [-0.2, 0) is 16.1 Å². The fourth-order valence-electron chi connectivity index (χ4n) is 1.93. The molecule has 2 N–H and O–H groups in total. The lowest BCUT2D eigenvalue weighted by Gasteiger charge is -2.01. The van der Waals surface area contributed by atoms with Crippen LogP contribution in [0.4, 0.5) is 5.69 Å². The van der Waals surface area contributed by atoms with Gasteiger partial charge in [-0.1, -0.05) is 30.3 Å². The molecule has 1 aliphatic heterocycles. The molecule has 0 spiro atoms. The number of nitrogens with zero attached hydrogens (tertiary/aromatic N) is 2. The molecule has 0 saturated heterocycles. The van der Waals surface area contributed by atoms with E-state index >= 15 is 0 Å². The van der Waals surface area contributed by atoms with Crippen molar-refractivity contribution in [2.75, 3.05) is 5.43 Å². The van der Waals surface area contributed by atoms with Crippen LogP contribution in [0.1, 0.15) is 11.1 Å². The van der Waals surface area contributed by atoms with Gasteiger partial charge in [-0.05, 0) is 29.8 Å². The molecule has 0 saturated carbocycles. The number of hydrazone groups is 1. The van der Waals surface area contributed by atoms with Crippen molar-refractivity contribution in [1.82, 2.24) is 0 Å². The Morgan fingerprint density at radius 3 is 2.73 bits per heavy atom. The fraction of sp³-hybridized carbons (Fsp3) is 0.0625. The van der Waals surface area contributed by atoms with Gasteiger partial charge in [-0.15, -0.1) is 5.10 Å². The zero-order valence-corrected chi connectivity index (χ0v) is 11.6. The van der Waals surface area contributed by atoms with Crippen LogP contribution in [0.2, 0.25) is 0 Å². The molecule has 1 heterocycles. The van der Waals surface area contributed by atoms with Crippen molar-refractivity contribution in [3.63, 3.8) is 0 Å². The molecule has 0 atom stereocenters. The lowest BCUT2D eigenvalue weighted by Crippen LogP contribution is -2.10. The predicted molar refractivity (Wildman–Crippen MR) is 82.5 cm³/mol. The SMILES string of the molecule is O=C1OC(c2ccccc2)=NC1=NNc1cccc(CO)c1. The largest absolute Gasteiger partial charge is 0.401 e. The van der Waals surface area contributed by atoms with Crippen molar-refractivity contribution in [2.45, 2.75) is 6.61 Å². The highest BCUT2D eigenvalue weighted by Gasteiger charge is 2.25. The van der Waals surface area contributed by atoms with Crippen LogP contribution in [-0.4, -0.2) is 22.8 Å². The van der Waals surface area contributed by atoms with Crippen molar-refractivity contribution in [3.05, 3.63) is 65.7 Å². The van der Waals surface area contributed by atoms with Crippen molar-refractivity contribution >= 4 is 23.4 Å². The van der Waals surface area contributed by atoms with E-state index in [1.807, 2.05) is 18.2 Å². The maximum Gasteiger partial charge on any atom is 0.385 e. The standard InChI is InChI=1S/C16H13N3O3/c20-10-11-5-4-8-13(9-11)18-19-14-16(21)22-15(17-14)12-6-2-1-3-7-12/h1-9,18,20H,10H2. The number of hydrogen-bond acceptors (Lipinski definition) is 5. The Kier molecular flexibility index (Phi) is 3.93. The third kappa shape index (κ3) is 3.02. The van der Waals surface area contributed by atoms with Gasteiger partial charge in [0.05, 0.1) is 12.3 Å². The molecular formula is C16H13N3O3. The molecule has 0 bridgehead atoms. The molecule has 0 aromatic heterocycles. The lowest BCUT2D eigenvalue weighted by atomic mass is 10.2. The first-order valence-electron chi connectivity index (χ1n) is 6.66. The van der Waals surface area contributed by atoms with Gasteiger partial charge in [0.2, 0.25) is 5.90 Å². The van der Waals surface area contributed by atoms with Crippen LogP contribution >= 0.6 is 0 Å². The van der Waals surface area contributed by atoms with E-state index in [9.17, 15) is 4.79 Å². The first-order chi connectivity index (χ1) is 10.8. The molecule has 22 heavy (non-hydrogen) atoms. The van der Waals surface area contributed by atoms with Gasteiger partial charge in [0.15, 0.2) is 0 Å². The monoisotopic (exact) mass is 295 g/mol. The highest BCUT2D eigenvalue weighted by Crippen LogP contribution is 2.13. The van der Waals surface area contributed by atoms with Gasteiger partial charge in [-0.25, -0.2) is 4.79 Å². The summed E-state index contributed by atoms with van der Waals surface area (Å²) in [4.78, 5) is 15.8. The molecule has 110 valence electrons. The number of anilines is 1. The quantitative estimate of drug-likeness (QED) is 0.666. The molecule has 0 unspecified atom stereocenters. The van der Waals surface area contributed by atoms with E-state index in [0.29, 0.717) is 11.3 Å². The molecule has 0 radical (unpaired) electrons. The van der Waals surface area contributed by atoms with Crippen LogP contribution in [0.5, 0.6) is 0 Å². The van der Waals surface area contributed by atoms with E-state index in [-0.39, 0.29) is 18.3 Å². The van der Waals surface area contributed by atoms with E-state index in [1.165, 1.54) is 0 Å². The number of carbonyl (C=O) groups excluding carboxylic acids is 1. The smallest absolute Gasteiger partial charge is 0.385 e. The number of ether oxygens (including phenoxy) is 1. The van der Waals surface area contributed by atoms with Gasteiger partial charge in [-0.3, -0.25) is 5.43 Å². The Hall–Kier alpha value is -2.99. The lowest BCUT2D eigenvalue weighted by molar-refractivity contribution is -0.127. The number of carbonyl (C=O) groups is 1. The summed E-state index contributed by atoms with van der Waals surface area (Å²) in [5.74, 6) is -0.423. The second kappa shape index (κ2) is 6.19. The number of nitrogens with one attached hydrogen (secondary N) is 1. The maximum atomic E-state index is 11.8. The Bertz CT molecular complexity index is 754. The van der Waals surface area contributed by atoms with Crippen LogP contribution in [0.3, 0.4) is 0 Å². The van der Waals surface area contributed by atoms with E-state index in [1.54, 1.807) is 36.4 Å². The van der Waals surface area contributed by atoms with Gasteiger partial charge < -0.3 is 9.84 Å². The van der Waals surface area contributed by atoms with E-state index < -0.39 is 5.97 Å². The highest BCUT2D eigenvalue weighted by molar-refractivity contribution is 6.43. The first-order valence-corrected chi connectivity index (χ1v) is 6.66. The number of cyclic esters (lactones) is 1. The summed E-state index contributed by atoms with van der Waals surface area (Å²) >= 11 is 0. The summed E-state index contributed by atoms with van der Waals surface area (Å²) in [5, 5.41) is 13.0. The Morgan fingerprint density at radius 2 is 1.95 bits per heavy atom. The number of esters is 1. The van der Waals surface area contributed by atoms with Gasteiger partial charge in [0, 0.05) is 5.56 Å². The van der Waals surface area contributed by atoms with Gasteiger partial charge in [0.25, 0.3) is 5.84 Å². The van der Waals surface area contributed by atoms with Gasteiger partial charge in [-0.2, -0.15) is 4.99 Å². The Balaban J connectivity index is 1.79. The average molecular weight is 295 g/mol. The molecule has 3 rings (SSSR count). The zero-order valence-electron chi connectivity index (χ0n) is 11.6. The number of aliphatic imine (C=N–C) groups is 1. The minimum absolute atomic E-state index is 0.0479.